The van der Waals surface area contributed by atoms with Crippen LogP contribution in [0.1, 0.15) is 10.4 Å². The Kier molecular flexibility index (Phi) is 5.24. The number of carboxylic acid groups (broad SMARTS) is 1. The molecule has 25 heavy (non-hydrogen) atoms. The number of pyridine rings is 1. The highest BCUT2D eigenvalue weighted by molar-refractivity contribution is 9.11. The highest BCUT2D eigenvalue weighted by Gasteiger charge is 2.26. The van der Waals surface area contributed by atoms with Gasteiger partial charge in [0.05, 0.1) is 21.7 Å². The fourth-order valence-electron chi connectivity index (χ4n) is 2.39. The molecule has 7 nitrogen and oxygen atoms in total. The Morgan fingerprint density at radius 2 is 2.04 bits per heavy atom. The lowest BCUT2D eigenvalue weighted by molar-refractivity contribution is -0.139. The van der Waals surface area contributed by atoms with Gasteiger partial charge in [0.2, 0.25) is 0 Å². The molecular formula is C16H12Br2N2O5. The second kappa shape index (κ2) is 7.40. The molecule has 0 aliphatic carbocycles. The number of halogens is 2. The number of aliphatic carboxylic acids is 1. The second-order valence-electron chi connectivity index (χ2n) is 5.10. The van der Waals surface area contributed by atoms with Crippen LogP contribution in [0, 0.1) is 0 Å². The summed E-state index contributed by atoms with van der Waals surface area (Å²) >= 11 is 6.63. The molecule has 1 amide bonds. The van der Waals surface area contributed by atoms with Gasteiger partial charge in [-0.25, -0.2) is 4.79 Å². The van der Waals surface area contributed by atoms with Crippen molar-refractivity contribution in [2.75, 3.05) is 24.7 Å². The molecule has 0 bridgehead atoms. The van der Waals surface area contributed by atoms with Gasteiger partial charge in [-0.3, -0.25) is 9.78 Å². The number of hydrogen-bond donors (Lipinski definition) is 1. The molecule has 0 fully saturated rings. The number of carbonyl (C=O) groups excluding carboxylic acids is 1. The van der Waals surface area contributed by atoms with Crippen molar-refractivity contribution in [3.8, 4) is 11.5 Å². The van der Waals surface area contributed by atoms with Crippen molar-refractivity contribution in [1.29, 1.82) is 0 Å². The van der Waals surface area contributed by atoms with Crippen LogP contribution in [0.2, 0.25) is 0 Å². The van der Waals surface area contributed by atoms with Gasteiger partial charge >= 0.3 is 5.97 Å². The minimum Gasteiger partial charge on any atom is -0.489 e. The molecule has 130 valence electrons. The van der Waals surface area contributed by atoms with Crippen LogP contribution in [0.3, 0.4) is 0 Å². The Labute approximate surface area is 159 Å². The summed E-state index contributed by atoms with van der Waals surface area (Å²) in [6.45, 7) is 0.321. The van der Waals surface area contributed by atoms with Crippen LogP contribution in [0.25, 0.3) is 0 Å². The summed E-state index contributed by atoms with van der Waals surface area (Å²) < 4.78 is 11.7. The smallest absolute Gasteiger partial charge is 0.341 e. The van der Waals surface area contributed by atoms with E-state index in [1.807, 2.05) is 0 Å². The van der Waals surface area contributed by atoms with Gasteiger partial charge in [-0.15, -0.1) is 0 Å². The molecule has 0 saturated heterocycles. The third-order valence-corrected chi connectivity index (χ3v) is 4.63. The van der Waals surface area contributed by atoms with Gasteiger partial charge in [-0.1, -0.05) is 0 Å². The lowest BCUT2D eigenvalue weighted by atomic mass is 10.1. The molecule has 1 aromatic carbocycles. The first-order valence-corrected chi connectivity index (χ1v) is 8.78. The van der Waals surface area contributed by atoms with Crippen LogP contribution >= 0.6 is 31.9 Å². The van der Waals surface area contributed by atoms with Crippen molar-refractivity contribution in [2.24, 2.45) is 0 Å². The molecule has 2 aromatic rings. The van der Waals surface area contributed by atoms with Gasteiger partial charge < -0.3 is 19.5 Å². The summed E-state index contributed by atoms with van der Waals surface area (Å²) in [5.41, 5.74) is 1.02. The minimum atomic E-state index is -1.09. The molecule has 0 unspecified atom stereocenters. The zero-order chi connectivity index (χ0) is 18.0. The van der Waals surface area contributed by atoms with Crippen molar-refractivity contribution in [3.05, 3.63) is 45.1 Å². The van der Waals surface area contributed by atoms with E-state index in [9.17, 15) is 9.59 Å². The molecule has 1 aromatic heterocycles. The summed E-state index contributed by atoms with van der Waals surface area (Å²) in [4.78, 5) is 29.2. The third kappa shape index (κ3) is 3.77. The molecule has 2 heterocycles. The van der Waals surface area contributed by atoms with E-state index in [0.29, 0.717) is 44.8 Å². The number of ether oxygens (including phenoxy) is 2. The molecule has 3 rings (SSSR count). The lowest BCUT2D eigenvalue weighted by Crippen LogP contribution is -2.38. The van der Waals surface area contributed by atoms with Gasteiger partial charge in [0.15, 0.2) is 6.61 Å². The average Bonchev–Trinajstić information content (AvgIpc) is 2.59. The minimum absolute atomic E-state index is 0.219. The van der Waals surface area contributed by atoms with E-state index in [1.165, 1.54) is 0 Å². The predicted molar refractivity (Wildman–Crippen MR) is 96.4 cm³/mol. The molecule has 1 aliphatic rings. The normalized spacial score (nSPS) is 13.0. The fourth-order valence-corrected chi connectivity index (χ4v) is 3.80. The SMILES string of the molecule is O=C(O)COc1c(Br)cc(C(=O)N2CCOc3ccncc32)cc1Br. The first-order chi connectivity index (χ1) is 12.0. The quantitative estimate of drug-likeness (QED) is 0.736. The van der Waals surface area contributed by atoms with Crippen LogP contribution < -0.4 is 14.4 Å². The number of hydrogen-bond acceptors (Lipinski definition) is 5. The standard InChI is InChI=1S/C16H12Br2N2O5/c17-10-5-9(6-11(18)15(10)25-8-14(21)22)16(23)20-3-4-24-13-1-2-19-7-12(13)20/h1-2,5-7H,3-4,8H2,(H,21,22). The van der Waals surface area contributed by atoms with Gasteiger partial charge in [0.25, 0.3) is 5.91 Å². The van der Waals surface area contributed by atoms with Gasteiger partial charge in [0.1, 0.15) is 23.8 Å². The number of aromatic nitrogens is 1. The Bertz CT molecular complexity index is 820. The Morgan fingerprint density at radius 1 is 1.32 bits per heavy atom. The molecule has 0 spiro atoms. The average molecular weight is 472 g/mol. The number of carboxylic acids is 1. The van der Waals surface area contributed by atoms with Crippen molar-refractivity contribution in [2.45, 2.75) is 0 Å². The second-order valence-corrected chi connectivity index (χ2v) is 6.81. The maximum Gasteiger partial charge on any atom is 0.341 e. The van der Waals surface area contributed by atoms with Crippen LogP contribution in [0.5, 0.6) is 11.5 Å². The first kappa shape index (κ1) is 17.7. The Balaban J connectivity index is 1.90. The van der Waals surface area contributed by atoms with Gasteiger partial charge in [-0.05, 0) is 44.0 Å². The van der Waals surface area contributed by atoms with Crippen molar-refractivity contribution in [1.82, 2.24) is 4.98 Å². The third-order valence-electron chi connectivity index (χ3n) is 3.45. The summed E-state index contributed by atoms with van der Waals surface area (Å²) in [5.74, 6) is -0.378. The summed E-state index contributed by atoms with van der Waals surface area (Å²) in [6, 6.07) is 4.90. The molecule has 0 atom stereocenters. The summed E-state index contributed by atoms with van der Waals surface area (Å²) in [7, 11) is 0. The number of carbonyl (C=O) groups is 2. The van der Waals surface area contributed by atoms with E-state index in [2.05, 4.69) is 36.8 Å². The van der Waals surface area contributed by atoms with E-state index >= 15 is 0 Å². The van der Waals surface area contributed by atoms with Crippen LogP contribution in [0.4, 0.5) is 5.69 Å². The summed E-state index contributed by atoms with van der Waals surface area (Å²) in [5, 5.41) is 8.73. The number of anilines is 1. The molecule has 1 N–H and O–H groups in total. The largest absolute Gasteiger partial charge is 0.489 e. The monoisotopic (exact) mass is 470 g/mol. The Morgan fingerprint density at radius 3 is 2.72 bits per heavy atom. The van der Waals surface area contributed by atoms with E-state index < -0.39 is 12.6 Å². The van der Waals surface area contributed by atoms with Crippen molar-refractivity contribution < 1.29 is 24.2 Å². The maximum absolute atomic E-state index is 12.9. The predicted octanol–water partition coefficient (Wildman–Crippen LogP) is 3.11. The van der Waals surface area contributed by atoms with Crippen molar-refractivity contribution >= 4 is 49.4 Å². The molecule has 0 saturated carbocycles. The molecule has 0 radical (unpaired) electrons. The zero-order valence-electron chi connectivity index (χ0n) is 12.7. The Hall–Kier alpha value is -2.13. The first-order valence-electron chi connectivity index (χ1n) is 7.19. The molecular weight excluding hydrogens is 460 g/mol. The van der Waals surface area contributed by atoms with E-state index in [1.54, 1.807) is 35.5 Å². The molecule has 9 heteroatoms. The number of nitrogens with zero attached hydrogens (tertiary/aromatic N) is 2. The van der Waals surface area contributed by atoms with Gasteiger partial charge in [0, 0.05) is 17.8 Å². The number of benzene rings is 1. The maximum atomic E-state index is 12.9. The summed E-state index contributed by atoms with van der Waals surface area (Å²) in [6.07, 6.45) is 3.19. The number of amides is 1. The van der Waals surface area contributed by atoms with Crippen LogP contribution in [-0.4, -0.2) is 41.7 Å². The lowest BCUT2D eigenvalue weighted by Gasteiger charge is -2.29. The zero-order valence-corrected chi connectivity index (χ0v) is 15.9. The van der Waals surface area contributed by atoms with E-state index in [-0.39, 0.29) is 5.91 Å². The van der Waals surface area contributed by atoms with Crippen LogP contribution in [0.15, 0.2) is 39.5 Å². The topological polar surface area (TPSA) is 89.0 Å². The highest BCUT2D eigenvalue weighted by atomic mass is 79.9. The van der Waals surface area contributed by atoms with Gasteiger partial charge in [-0.2, -0.15) is 0 Å². The van der Waals surface area contributed by atoms with E-state index in [4.69, 9.17) is 14.6 Å². The van der Waals surface area contributed by atoms with Crippen molar-refractivity contribution in [3.63, 3.8) is 0 Å². The molecule has 1 aliphatic heterocycles. The fraction of sp³-hybridized carbons (Fsp3) is 0.188. The van der Waals surface area contributed by atoms with Crippen LogP contribution in [-0.2, 0) is 4.79 Å². The number of rotatable bonds is 4. The van der Waals surface area contributed by atoms with E-state index in [0.717, 1.165) is 0 Å². The number of fused-ring (bicyclic) bond motifs is 1. The highest BCUT2D eigenvalue weighted by Crippen LogP contribution is 2.36.